The lowest BCUT2D eigenvalue weighted by Crippen LogP contribution is -1.85. The Morgan fingerprint density at radius 2 is 1.50 bits per heavy atom. The number of nitriles is 3. The summed E-state index contributed by atoms with van der Waals surface area (Å²) in [6, 6.07) is 11.1. The van der Waals surface area contributed by atoms with E-state index in [0.29, 0.717) is 11.3 Å². The van der Waals surface area contributed by atoms with Gasteiger partial charge in [0.2, 0.25) is 5.39 Å². The van der Waals surface area contributed by atoms with Crippen LogP contribution in [0.1, 0.15) is 5.56 Å². The van der Waals surface area contributed by atoms with Crippen LogP contribution in [0.3, 0.4) is 0 Å². The van der Waals surface area contributed by atoms with Crippen LogP contribution in [0.2, 0.25) is 0 Å². The SMILES string of the molecule is N#CC(C#N)=C(C#N)c1ccc([N+]#N)cc1. The molecule has 0 aliphatic heterocycles. The Morgan fingerprint density at radius 3 is 1.88 bits per heavy atom. The molecule has 0 radical (unpaired) electrons. The second kappa shape index (κ2) is 4.91. The van der Waals surface area contributed by atoms with Gasteiger partial charge in [0.25, 0.3) is 0 Å². The first-order valence-electron chi connectivity index (χ1n) is 4.17. The Labute approximate surface area is 91.7 Å². The van der Waals surface area contributed by atoms with E-state index in [1.54, 1.807) is 18.2 Å². The first kappa shape index (κ1) is 10.9. The molecule has 0 bridgehead atoms. The molecule has 0 saturated carbocycles. The third kappa shape index (κ3) is 2.02. The largest absolute Gasteiger partial charge is 0.385 e. The number of rotatable bonds is 1. The molecule has 16 heavy (non-hydrogen) atoms. The Morgan fingerprint density at radius 1 is 0.938 bits per heavy atom. The molecular weight excluding hydrogens is 202 g/mol. The second-order valence-corrected chi connectivity index (χ2v) is 2.73. The normalized spacial score (nSPS) is 7.75. The molecule has 1 aromatic rings. The predicted octanol–water partition coefficient (Wildman–Crippen LogP) is 2.50. The van der Waals surface area contributed by atoms with Crippen LogP contribution in [0.5, 0.6) is 0 Å². The maximum Gasteiger partial charge on any atom is 0.385 e. The van der Waals surface area contributed by atoms with E-state index < -0.39 is 0 Å². The molecule has 0 aromatic heterocycles. The molecule has 0 fully saturated rings. The van der Waals surface area contributed by atoms with Gasteiger partial charge in [-0.15, -0.1) is 0 Å². The van der Waals surface area contributed by atoms with E-state index in [1.807, 2.05) is 0 Å². The van der Waals surface area contributed by atoms with E-state index in [-0.39, 0.29) is 11.1 Å². The molecule has 0 aliphatic carbocycles. The van der Waals surface area contributed by atoms with Crippen LogP contribution >= 0.6 is 0 Å². The summed E-state index contributed by atoms with van der Waals surface area (Å²) in [4.78, 5) is 2.95. The van der Waals surface area contributed by atoms with Gasteiger partial charge in [-0.2, -0.15) is 15.8 Å². The maximum atomic E-state index is 8.86. The highest BCUT2D eigenvalue weighted by molar-refractivity contribution is 5.84. The van der Waals surface area contributed by atoms with Gasteiger partial charge >= 0.3 is 5.69 Å². The minimum Gasteiger partial charge on any atom is -0.192 e. The summed E-state index contributed by atoms with van der Waals surface area (Å²) in [5.41, 5.74) is 0.537. The summed E-state index contributed by atoms with van der Waals surface area (Å²) in [5.74, 6) is 0. The highest BCUT2D eigenvalue weighted by atomic mass is 14.8. The monoisotopic (exact) mass is 206 g/mol. The molecule has 1 rings (SSSR count). The van der Waals surface area contributed by atoms with Gasteiger partial charge in [-0.05, 0) is 17.7 Å². The van der Waals surface area contributed by atoms with Crippen LogP contribution in [0, 0.1) is 39.4 Å². The van der Waals surface area contributed by atoms with Gasteiger partial charge in [-0.25, -0.2) is 0 Å². The van der Waals surface area contributed by atoms with E-state index in [4.69, 9.17) is 21.2 Å². The summed E-state index contributed by atoms with van der Waals surface area (Å²) < 4.78 is 0. The summed E-state index contributed by atoms with van der Waals surface area (Å²) in [5, 5.41) is 34.6. The molecule has 0 unspecified atom stereocenters. The van der Waals surface area contributed by atoms with Crippen LogP contribution in [0.4, 0.5) is 5.69 Å². The molecule has 0 N–H and O–H groups in total. The van der Waals surface area contributed by atoms with Crippen LogP contribution in [-0.2, 0) is 0 Å². The fourth-order valence-electron chi connectivity index (χ4n) is 1.10. The first-order valence-corrected chi connectivity index (χ1v) is 4.17. The fourth-order valence-corrected chi connectivity index (χ4v) is 1.10. The van der Waals surface area contributed by atoms with E-state index in [0.717, 1.165) is 0 Å². The Bertz CT molecular complexity index is 580. The molecule has 0 heterocycles. The average Bonchev–Trinajstić information content (AvgIpc) is 2.36. The van der Waals surface area contributed by atoms with Gasteiger partial charge in [-0.1, -0.05) is 0 Å². The number of nitrogens with zero attached hydrogens (tertiary/aromatic N) is 5. The highest BCUT2D eigenvalue weighted by Gasteiger charge is 2.10. The van der Waals surface area contributed by atoms with Crippen molar-refractivity contribution >= 4 is 11.3 Å². The predicted molar refractivity (Wildman–Crippen MR) is 54.9 cm³/mol. The minimum atomic E-state index is -0.240. The van der Waals surface area contributed by atoms with E-state index in [9.17, 15) is 0 Å². The first-order chi connectivity index (χ1) is 7.76. The van der Waals surface area contributed by atoms with Crippen molar-refractivity contribution in [3.8, 4) is 18.2 Å². The molecule has 5 nitrogen and oxygen atoms in total. The van der Waals surface area contributed by atoms with Gasteiger partial charge < -0.3 is 0 Å². The number of hydrogen-bond acceptors (Lipinski definition) is 4. The van der Waals surface area contributed by atoms with Crippen molar-refractivity contribution in [1.82, 2.24) is 0 Å². The van der Waals surface area contributed by atoms with E-state index in [2.05, 4.69) is 4.98 Å². The van der Waals surface area contributed by atoms with E-state index >= 15 is 0 Å². The van der Waals surface area contributed by atoms with Crippen LogP contribution in [-0.4, -0.2) is 0 Å². The topological polar surface area (TPSA) is 99.5 Å². The number of allylic oxidation sites excluding steroid dienone is 2. The van der Waals surface area contributed by atoms with Crippen LogP contribution < -0.4 is 0 Å². The maximum absolute atomic E-state index is 8.86. The quantitative estimate of drug-likeness (QED) is 0.520. The van der Waals surface area contributed by atoms with Gasteiger partial charge in [0.1, 0.15) is 23.8 Å². The van der Waals surface area contributed by atoms with Crippen molar-refractivity contribution in [3.63, 3.8) is 0 Å². The standard InChI is InChI=1S/C11H4N5/c12-5-9(6-13)11(7-14)8-1-3-10(16-15)4-2-8/h1-4H/q+1. The highest BCUT2D eigenvalue weighted by Crippen LogP contribution is 2.21. The summed E-state index contributed by atoms with van der Waals surface area (Å²) in [6.45, 7) is 0. The molecule has 0 spiro atoms. The van der Waals surface area contributed by atoms with Gasteiger partial charge in [0, 0.05) is 12.1 Å². The molecule has 72 valence electrons. The zero-order valence-electron chi connectivity index (χ0n) is 8.05. The molecule has 0 saturated heterocycles. The summed E-state index contributed by atoms with van der Waals surface area (Å²) in [6.07, 6.45) is 0. The third-order valence-corrected chi connectivity index (χ3v) is 1.86. The van der Waals surface area contributed by atoms with Crippen LogP contribution in [0.25, 0.3) is 10.5 Å². The van der Waals surface area contributed by atoms with Crippen molar-refractivity contribution < 1.29 is 0 Å². The lowest BCUT2D eigenvalue weighted by Gasteiger charge is -1.95. The average molecular weight is 206 g/mol. The van der Waals surface area contributed by atoms with Crippen molar-refractivity contribution in [2.75, 3.05) is 0 Å². The lowest BCUT2D eigenvalue weighted by molar-refractivity contribution is 1.44. The second-order valence-electron chi connectivity index (χ2n) is 2.73. The van der Waals surface area contributed by atoms with Gasteiger partial charge in [0.15, 0.2) is 4.98 Å². The molecular formula is C11H4N5+. The fraction of sp³-hybridized carbons (Fsp3) is 0. The summed E-state index contributed by atoms with van der Waals surface area (Å²) >= 11 is 0. The molecule has 1 aromatic carbocycles. The molecule has 5 heteroatoms. The molecule has 0 aliphatic rings. The number of hydrogen-bond donors (Lipinski definition) is 0. The third-order valence-electron chi connectivity index (χ3n) is 1.86. The summed E-state index contributed by atoms with van der Waals surface area (Å²) in [7, 11) is 0. The zero-order chi connectivity index (χ0) is 12.0. The molecule has 0 atom stereocenters. The Hall–Kier alpha value is -3.15. The van der Waals surface area contributed by atoms with Gasteiger partial charge in [0.05, 0.1) is 5.57 Å². The number of diazo groups is 1. The van der Waals surface area contributed by atoms with Gasteiger partial charge in [-0.3, -0.25) is 0 Å². The molecule has 0 amide bonds. The lowest BCUT2D eigenvalue weighted by atomic mass is 10.0. The Balaban J connectivity index is 3.35. The van der Waals surface area contributed by atoms with Crippen molar-refractivity contribution in [2.45, 2.75) is 0 Å². The number of benzene rings is 1. The van der Waals surface area contributed by atoms with Crippen molar-refractivity contribution in [3.05, 3.63) is 40.4 Å². The zero-order valence-corrected chi connectivity index (χ0v) is 8.05. The van der Waals surface area contributed by atoms with Crippen LogP contribution in [0.15, 0.2) is 29.8 Å². The van der Waals surface area contributed by atoms with E-state index in [1.165, 1.54) is 24.3 Å². The minimum absolute atomic E-state index is 0.00879. The van der Waals surface area contributed by atoms with Crippen molar-refractivity contribution in [1.29, 1.82) is 21.2 Å². The Kier molecular flexibility index (Phi) is 3.36. The van der Waals surface area contributed by atoms with Crippen molar-refractivity contribution in [2.24, 2.45) is 0 Å². The smallest absolute Gasteiger partial charge is 0.192 e.